The molecule has 2 aromatic rings. The second-order valence-corrected chi connectivity index (χ2v) is 4.43. The van der Waals surface area contributed by atoms with Crippen molar-refractivity contribution in [2.75, 3.05) is 7.11 Å². The first-order valence-corrected chi connectivity index (χ1v) is 5.95. The molecule has 0 fully saturated rings. The largest absolute Gasteiger partial charge is 0.496 e. The summed E-state index contributed by atoms with van der Waals surface area (Å²) in [6.45, 7) is 4.53. The van der Waals surface area contributed by atoms with Crippen molar-refractivity contribution in [3.8, 4) is 17.1 Å². The van der Waals surface area contributed by atoms with Gasteiger partial charge in [0.2, 0.25) is 0 Å². The van der Waals surface area contributed by atoms with E-state index in [1.165, 1.54) is 5.56 Å². The van der Waals surface area contributed by atoms with Gasteiger partial charge < -0.3 is 15.0 Å². The molecule has 0 saturated heterocycles. The summed E-state index contributed by atoms with van der Waals surface area (Å²) in [6, 6.07) is 6.08. The molecule has 2 N–H and O–H groups in total. The second kappa shape index (κ2) is 4.82. The van der Waals surface area contributed by atoms with Gasteiger partial charge in [-0.25, -0.2) is 4.98 Å². The molecule has 0 bridgehead atoms. The van der Waals surface area contributed by atoms with Gasteiger partial charge in [0.15, 0.2) is 0 Å². The summed E-state index contributed by atoms with van der Waals surface area (Å²) in [6.07, 6.45) is 0. The van der Waals surface area contributed by atoms with Crippen LogP contribution in [0.2, 0.25) is 0 Å². The molecule has 0 saturated carbocycles. The van der Waals surface area contributed by atoms with E-state index >= 15 is 0 Å². The predicted octanol–water partition coefficient (Wildman–Crippen LogP) is 2.17. The summed E-state index contributed by atoms with van der Waals surface area (Å²) in [7, 11) is 3.66. The highest BCUT2D eigenvalue weighted by Crippen LogP contribution is 2.31. The highest BCUT2D eigenvalue weighted by molar-refractivity contribution is 5.66. The van der Waals surface area contributed by atoms with E-state index in [1.807, 2.05) is 30.7 Å². The zero-order chi connectivity index (χ0) is 13.3. The topological polar surface area (TPSA) is 53.1 Å². The van der Waals surface area contributed by atoms with Gasteiger partial charge in [-0.15, -0.1) is 0 Å². The summed E-state index contributed by atoms with van der Waals surface area (Å²) >= 11 is 0. The Morgan fingerprint density at radius 2 is 2.06 bits per heavy atom. The highest BCUT2D eigenvalue weighted by atomic mass is 16.5. The lowest BCUT2D eigenvalue weighted by atomic mass is 10.1. The maximum absolute atomic E-state index is 5.75. The number of aryl methyl sites for hydroxylation is 2. The molecular weight excluding hydrogens is 226 g/mol. The fourth-order valence-electron chi connectivity index (χ4n) is 2.19. The molecular formula is C14H19N3O. The van der Waals surface area contributed by atoms with Crippen molar-refractivity contribution in [1.82, 2.24) is 9.55 Å². The van der Waals surface area contributed by atoms with Crippen molar-refractivity contribution in [2.24, 2.45) is 12.8 Å². The second-order valence-electron chi connectivity index (χ2n) is 4.43. The molecule has 4 nitrogen and oxygen atoms in total. The fourth-order valence-corrected chi connectivity index (χ4v) is 2.19. The molecule has 2 rings (SSSR count). The summed E-state index contributed by atoms with van der Waals surface area (Å²) in [5, 5.41) is 0. The summed E-state index contributed by atoms with van der Waals surface area (Å²) in [5.41, 5.74) is 9.96. The Balaban J connectivity index is 2.65. The Kier molecular flexibility index (Phi) is 3.39. The van der Waals surface area contributed by atoms with E-state index in [4.69, 9.17) is 10.5 Å². The normalized spacial score (nSPS) is 10.7. The smallest absolute Gasteiger partial charge is 0.143 e. The minimum Gasteiger partial charge on any atom is -0.496 e. The van der Waals surface area contributed by atoms with Crippen LogP contribution in [-0.2, 0) is 13.6 Å². The van der Waals surface area contributed by atoms with E-state index in [9.17, 15) is 0 Å². The average molecular weight is 245 g/mol. The van der Waals surface area contributed by atoms with Crippen LogP contribution >= 0.6 is 0 Å². The first kappa shape index (κ1) is 12.6. The molecule has 0 atom stereocenters. The summed E-state index contributed by atoms with van der Waals surface area (Å²) in [4.78, 5) is 4.60. The first-order chi connectivity index (χ1) is 8.58. The molecule has 1 aromatic carbocycles. The maximum Gasteiger partial charge on any atom is 0.143 e. The number of ether oxygens (including phenoxy) is 1. The SMILES string of the molecule is COc1ccc(C)cc1-c1nc(C)c(CN)n1C. The van der Waals surface area contributed by atoms with Crippen LogP contribution in [0.3, 0.4) is 0 Å². The number of nitrogens with zero attached hydrogens (tertiary/aromatic N) is 2. The lowest BCUT2D eigenvalue weighted by Crippen LogP contribution is -2.05. The van der Waals surface area contributed by atoms with E-state index in [1.54, 1.807) is 7.11 Å². The predicted molar refractivity (Wildman–Crippen MR) is 72.6 cm³/mol. The third-order valence-corrected chi connectivity index (χ3v) is 3.20. The van der Waals surface area contributed by atoms with Gasteiger partial charge in [-0.05, 0) is 26.0 Å². The Bertz CT molecular complexity index is 573. The number of imidazole rings is 1. The minimum absolute atomic E-state index is 0.490. The Labute approximate surface area is 107 Å². The van der Waals surface area contributed by atoms with Crippen LogP contribution in [0.5, 0.6) is 5.75 Å². The lowest BCUT2D eigenvalue weighted by Gasteiger charge is -2.10. The van der Waals surface area contributed by atoms with Crippen molar-refractivity contribution in [3.05, 3.63) is 35.2 Å². The van der Waals surface area contributed by atoms with Gasteiger partial charge in [-0.2, -0.15) is 0 Å². The van der Waals surface area contributed by atoms with Crippen LogP contribution < -0.4 is 10.5 Å². The van der Waals surface area contributed by atoms with Gasteiger partial charge in [0, 0.05) is 13.6 Å². The molecule has 0 spiro atoms. The van der Waals surface area contributed by atoms with Crippen LogP contribution in [0.25, 0.3) is 11.4 Å². The number of hydrogen-bond donors (Lipinski definition) is 1. The molecule has 1 aromatic heterocycles. The van der Waals surface area contributed by atoms with E-state index < -0.39 is 0 Å². The van der Waals surface area contributed by atoms with Crippen LogP contribution in [-0.4, -0.2) is 16.7 Å². The molecule has 0 aliphatic rings. The highest BCUT2D eigenvalue weighted by Gasteiger charge is 2.15. The minimum atomic E-state index is 0.490. The van der Waals surface area contributed by atoms with Crippen molar-refractivity contribution in [3.63, 3.8) is 0 Å². The van der Waals surface area contributed by atoms with Crippen LogP contribution in [0.15, 0.2) is 18.2 Å². The van der Waals surface area contributed by atoms with Crippen LogP contribution in [0.4, 0.5) is 0 Å². The van der Waals surface area contributed by atoms with E-state index in [2.05, 4.69) is 18.0 Å². The quantitative estimate of drug-likeness (QED) is 0.901. The van der Waals surface area contributed by atoms with Gasteiger partial charge in [0.05, 0.1) is 24.1 Å². The number of benzene rings is 1. The number of rotatable bonds is 3. The van der Waals surface area contributed by atoms with Crippen molar-refractivity contribution >= 4 is 0 Å². The molecule has 96 valence electrons. The molecule has 0 radical (unpaired) electrons. The molecule has 0 aliphatic heterocycles. The van der Waals surface area contributed by atoms with Crippen molar-refractivity contribution < 1.29 is 4.74 Å². The van der Waals surface area contributed by atoms with Gasteiger partial charge >= 0.3 is 0 Å². The van der Waals surface area contributed by atoms with E-state index in [0.29, 0.717) is 6.54 Å². The number of aromatic nitrogens is 2. The molecule has 0 aliphatic carbocycles. The molecule has 18 heavy (non-hydrogen) atoms. The van der Waals surface area contributed by atoms with Crippen molar-refractivity contribution in [2.45, 2.75) is 20.4 Å². The molecule has 4 heteroatoms. The molecule has 0 unspecified atom stereocenters. The molecule has 1 heterocycles. The summed E-state index contributed by atoms with van der Waals surface area (Å²) in [5.74, 6) is 1.73. The molecule has 0 amide bonds. The first-order valence-electron chi connectivity index (χ1n) is 5.95. The number of hydrogen-bond acceptors (Lipinski definition) is 3. The Hall–Kier alpha value is -1.81. The summed E-state index contributed by atoms with van der Waals surface area (Å²) < 4.78 is 7.44. The van der Waals surface area contributed by atoms with Gasteiger partial charge in [-0.3, -0.25) is 0 Å². The van der Waals surface area contributed by atoms with Crippen LogP contribution in [0.1, 0.15) is 17.0 Å². The van der Waals surface area contributed by atoms with Gasteiger partial charge in [-0.1, -0.05) is 11.6 Å². The third kappa shape index (κ3) is 1.99. The number of methoxy groups -OCH3 is 1. The monoisotopic (exact) mass is 245 g/mol. The van der Waals surface area contributed by atoms with Gasteiger partial charge in [0.25, 0.3) is 0 Å². The zero-order valence-electron chi connectivity index (χ0n) is 11.3. The Morgan fingerprint density at radius 3 is 2.61 bits per heavy atom. The standard InChI is InChI=1S/C14H19N3O/c1-9-5-6-13(18-4)11(7-9)14-16-10(2)12(8-15)17(14)3/h5-7H,8,15H2,1-4H3. The van der Waals surface area contributed by atoms with Crippen LogP contribution in [0, 0.1) is 13.8 Å². The average Bonchev–Trinajstić information content (AvgIpc) is 2.64. The van der Waals surface area contributed by atoms with Gasteiger partial charge in [0.1, 0.15) is 11.6 Å². The third-order valence-electron chi connectivity index (χ3n) is 3.20. The Morgan fingerprint density at radius 1 is 1.33 bits per heavy atom. The fraction of sp³-hybridized carbons (Fsp3) is 0.357. The number of nitrogens with two attached hydrogens (primary N) is 1. The maximum atomic E-state index is 5.75. The zero-order valence-corrected chi connectivity index (χ0v) is 11.3. The van der Waals surface area contributed by atoms with Crippen molar-refractivity contribution in [1.29, 1.82) is 0 Å². The van der Waals surface area contributed by atoms with E-state index in [-0.39, 0.29) is 0 Å². The van der Waals surface area contributed by atoms with E-state index in [0.717, 1.165) is 28.5 Å². The lowest BCUT2D eigenvalue weighted by molar-refractivity contribution is 0.416.